The lowest BCUT2D eigenvalue weighted by Gasteiger charge is -2.09. The highest BCUT2D eigenvalue weighted by Crippen LogP contribution is 2.15. The molecule has 1 atom stereocenters. The van der Waals surface area contributed by atoms with Crippen LogP contribution in [0.25, 0.3) is 0 Å². The van der Waals surface area contributed by atoms with Crippen molar-refractivity contribution in [2.45, 2.75) is 135 Å². The molecule has 0 heterocycles. The number of rotatable bonds is 0. The van der Waals surface area contributed by atoms with Gasteiger partial charge in [0.05, 0.1) is 0 Å². The Bertz CT molecular complexity index is 348. The molecule has 0 saturated heterocycles. The molecule has 1 rings (SSSR count). The zero-order valence-electron chi connectivity index (χ0n) is 17.2. The van der Waals surface area contributed by atoms with Gasteiger partial charge in [0.25, 0.3) is 0 Å². The van der Waals surface area contributed by atoms with Gasteiger partial charge < -0.3 is 5.11 Å². The lowest BCUT2D eigenvalue weighted by Crippen LogP contribution is -2.19. The van der Waals surface area contributed by atoms with E-state index in [-0.39, 0.29) is 5.78 Å². The Kier molecular flexibility index (Phi) is 16.0. The lowest BCUT2D eigenvalue weighted by molar-refractivity contribution is -0.127. The first-order valence-electron chi connectivity index (χ1n) is 11.7. The average molecular weight is 365 g/mol. The van der Waals surface area contributed by atoms with Crippen LogP contribution in [0.5, 0.6) is 0 Å². The van der Waals surface area contributed by atoms with E-state index in [1.165, 1.54) is 89.9 Å². The van der Waals surface area contributed by atoms with Crippen LogP contribution in [0.4, 0.5) is 0 Å². The Hall–Kier alpha value is -0.630. The van der Waals surface area contributed by atoms with Crippen LogP contribution in [0.15, 0.2) is 12.2 Å². The van der Waals surface area contributed by atoms with Crippen molar-refractivity contribution in [3.8, 4) is 0 Å². The van der Waals surface area contributed by atoms with Crippen molar-refractivity contribution in [1.29, 1.82) is 0 Å². The first kappa shape index (κ1) is 23.4. The van der Waals surface area contributed by atoms with Crippen LogP contribution >= 0.6 is 0 Å². The number of hydrogen-bond acceptors (Lipinski definition) is 2. The van der Waals surface area contributed by atoms with Crippen molar-refractivity contribution < 1.29 is 9.90 Å². The second-order valence-corrected chi connectivity index (χ2v) is 8.23. The zero-order valence-corrected chi connectivity index (χ0v) is 17.2. The number of carbonyl (C=O) groups excluding carboxylic acids is 1. The van der Waals surface area contributed by atoms with E-state index in [1.807, 2.05) is 0 Å². The van der Waals surface area contributed by atoms with Crippen molar-refractivity contribution in [2.75, 3.05) is 0 Å². The number of aliphatic hydroxyl groups is 1. The van der Waals surface area contributed by atoms with Gasteiger partial charge in [0.2, 0.25) is 0 Å². The minimum absolute atomic E-state index is 0.0764. The predicted octanol–water partition coefficient (Wildman–Crippen LogP) is 7.29. The van der Waals surface area contributed by atoms with Gasteiger partial charge in [0, 0.05) is 6.42 Å². The van der Waals surface area contributed by atoms with Crippen LogP contribution in [0.3, 0.4) is 0 Å². The molecule has 0 fully saturated rings. The molecule has 2 nitrogen and oxygen atoms in total. The summed E-state index contributed by atoms with van der Waals surface area (Å²) in [4.78, 5) is 12.0. The molecule has 1 N–H and O–H groups in total. The van der Waals surface area contributed by atoms with Crippen molar-refractivity contribution in [3.05, 3.63) is 12.2 Å². The van der Waals surface area contributed by atoms with Gasteiger partial charge in [-0.3, -0.25) is 4.79 Å². The summed E-state index contributed by atoms with van der Waals surface area (Å²) in [6.45, 7) is 0. The SMILES string of the molecule is O=C1CCCCCCCCCCC=CCCCCCCCCCCC1O. The largest absolute Gasteiger partial charge is 0.385 e. The number of ketones is 1. The number of allylic oxidation sites excluding steroid dienone is 2. The van der Waals surface area contributed by atoms with Crippen molar-refractivity contribution in [1.82, 2.24) is 0 Å². The summed E-state index contributed by atoms with van der Waals surface area (Å²) in [6.07, 6.45) is 28.0. The molecule has 0 amide bonds. The van der Waals surface area contributed by atoms with Gasteiger partial charge in [-0.2, -0.15) is 0 Å². The Morgan fingerprint density at radius 2 is 0.962 bits per heavy atom. The molecular formula is C24H44O2. The normalized spacial score (nSPS) is 25.4. The van der Waals surface area contributed by atoms with E-state index in [1.54, 1.807) is 0 Å². The van der Waals surface area contributed by atoms with Gasteiger partial charge in [-0.15, -0.1) is 0 Å². The molecule has 0 bridgehead atoms. The number of aliphatic hydroxyl groups excluding tert-OH is 1. The Morgan fingerprint density at radius 3 is 1.46 bits per heavy atom. The van der Waals surface area contributed by atoms with E-state index in [2.05, 4.69) is 12.2 Å². The van der Waals surface area contributed by atoms with E-state index >= 15 is 0 Å². The standard InChI is InChI=1S/C24H44O2/c25-23-21-19-17-15-13-11-9-7-5-3-1-2-4-6-8-10-12-14-16-18-20-22-24(23)26/h1-2,23,25H,3-22H2. The molecule has 152 valence electrons. The number of Topliss-reactive ketones (excluding diaryl/α,β-unsaturated/α-hetero) is 1. The summed E-state index contributed by atoms with van der Waals surface area (Å²) in [5.41, 5.74) is 0. The molecule has 0 aromatic carbocycles. The number of hydrogen-bond donors (Lipinski definition) is 1. The maximum Gasteiger partial charge on any atom is 0.161 e. The first-order chi connectivity index (χ1) is 12.8. The molecule has 1 aliphatic rings. The van der Waals surface area contributed by atoms with E-state index < -0.39 is 6.10 Å². The summed E-state index contributed by atoms with van der Waals surface area (Å²) in [6, 6.07) is 0. The van der Waals surface area contributed by atoms with Crippen molar-refractivity contribution in [3.63, 3.8) is 0 Å². The molecule has 0 aromatic rings. The van der Waals surface area contributed by atoms with Gasteiger partial charge in [-0.05, 0) is 38.5 Å². The van der Waals surface area contributed by atoms with Gasteiger partial charge in [-0.1, -0.05) is 95.6 Å². The zero-order chi connectivity index (χ0) is 18.7. The summed E-state index contributed by atoms with van der Waals surface area (Å²) < 4.78 is 0. The van der Waals surface area contributed by atoms with Crippen LogP contribution < -0.4 is 0 Å². The minimum atomic E-state index is -0.700. The molecule has 0 aliphatic heterocycles. The number of carbonyl (C=O) groups is 1. The molecule has 2 heteroatoms. The maximum atomic E-state index is 12.0. The van der Waals surface area contributed by atoms with Crippen LogP contribution in [0, 0.1) is 0 Å². The smallest absolute Gasteiger partial charge is 0.161 e. The van der Waals surface area contributed by atoms with Crippen molar-refractivity contribution >= 4 is 5.78 Å². The average Bonchev–Trinajstić information content (AvgIpc) is 2.64. The summed E-state index contributed by atoms with van der Waals surface area (Å²) in [7, 11) is 0. The fourth-order valence-corrected chi connectivity index (χ4v) is 3.85. The molecule has 0 saturated carbocycles. The second kappa shape index (κ2) is 17.8. The fourth-order valence-electron chi connectivity index (χ4n) is 3.85. The maximum absolute atomic E-state index is 12.0. The van der Waals surface area contributed by atoms with Crippen molar-refractivity contribution in [2.24, 2.45) is 0 Å². The Morgan fingerprint density at radius 1 is 0.577 bits per heavy atom. The molecule has 1 unspecified atom stereocenters. The second-order valence-electron chi connectivity index (χ2n) is 8.23. The van der Waals surface area contributed by atoms with Gasteiger partial charge in [-0.25, -0.2) is 0 Å². The summed E-state index contributed by atoms with van der Waals surface area (Å²) in [5, 5.41) is 9.99. The van der Waals surface area contributed by atoms with Gasteiger partial charge in [0.1, 0.15) is 6.10 Å². The van der Waals surface area contributed by atoms with E-state index in [0.717, 1.165) is 25.7 Å². The highest BCUT2D eigenvalue weighted by Gasteiger charge is 2.13. The Balaban J connectivity index is 2.19. The highest BCUT2D eigenvalue weighted by atomic mass is 16.3. The van der Waals surface area contributed by atoms with Crippen LogP contribution in [0.1, 0.15) is 128 Å². The van der Waals surface area contributed by atoms with Gasteiger partial charge in [0.15, 0.2) is 5.78 Å². The molecule has 0 radical (unpaired) electrons. The summed E-state index contributed by atoms with van der Waals surface area (Å²) >= 11 is 0. The molecule has 26 heavy (non-hydrogen) atoms. The molecular weight excluding hydrogens is 320 g/mol. The van der Waals surface area contributed by atoms with E-state index in [9.17, 15) is 9.90 Å². The van der Waals surface area contributed by atoms with Gasteiger partial charge >= 0.3 is 0 Å². The first-order valence-corrected chi connectivity index (χ1v) is 11.7. The predicted molar refractivity (Wildman–Crippen MR) is 112 cm³/mol. The highest BCUT2D eigenvalue weighted by molar-refractivity contribution is 5.82. The monoisotopic (exact) mass is 364 g/mol. The Labute approximate surface area is 162 Å². The quantitative estimate of drug-likeness (QED) is 0.458. The third-order valence-electron chi connectivity index (χ3n) is 5.68. The lowest BCUT2D eigenvalue weighted by atomic mass is 10.00. The topological polar surface area (TPSA) is 37.3 Å². The van der Waals surface area contributed by atoms with E-state index in [0.29, 0.717) is 12.8 Å². The van der Waals surface area contributed by atoms with Crippen LogP contribution in [-0.4, -0.2) is 17.0 Å². The minimum Gasteiger partial charge on any atom is -0.385 e. The molecule has 0 spiro atoms. The molecule has 0 aromatic heterocycles. The summed E-state index contributed by atoms with van der Waals surface area (Å²) in [5.74, 6) is 0.0764. The third-order valence-corrected chi connectivity index (χ3v) is 5.68. The van der Waals surface area contributed by atoms with E-state index in [4.69, 9.17) is 0 Å². The third kappa shape index (κ3) is 14.5. The van der Waals surface area contributed by atoms with Crippen LogP contribution in [0.2, 0.25) is 0 Å². The fraction of sp³-hybridized carbons (Fsp3) is 0.875. The van der Waals surface area contributed by atoms with Crippen LogP contribution in [-0.2, 0) is 4.79 Å². The molecule has 1 aliphatic carbocycles.